The van der Waals surface area contributed by atoms with Crippen LogP contribution < -0.4 is 11.5 Å². The molecule has 1 amide bonds. The first-order valence-corrected chi connectivity index (χ1v) is 4.23. The van der Waals surface area contributed by atoms with Crippen LogP contribution in [0.1, 0.15) is 19.3 Å². The molecule has 4 N–H and O–H groups in total. The number of amides is 1. The maximum Gasteiger partial charge on any atom is 0.234 e. The van der Waals surface area contributed by atoms with Crippen molar-refractivity contribution in [2.24, 2.45) is 11.5 Å². The van der Waals surface area contributed by atoms with Crippen LogP contribution in [0.3, 0.4) is 0 Å². The number of unbranched alkanes of at least 4 members (excludes halogenated alkanes) is 1. The molecule has 0 aromatic rings. The number of carbonyl (C=O) groups excluding carboxylic acids is 1. The van der Waals surface area contributed by atoms with Crippen LogP contribution in [0.5, 0.6) is 0 Å². The molecule has 0 saturated carbocycles. The first kappa shape index (κ1) is 11.4. The molecule has 0 rings (SSSR count). The Balaban J connectivity index is 3.25. The summed E-state index contributed by atoms with van der Waals surface area (Å²) in [6.45, 7) is 1.03. The lowest BCUT2D eigenvalue weighted by atomic mass is 10.1. The van der Waals surface area contributed by atoms with Crippen molar-refractivity contribution < 1.29 is 4.79 Å². The molecule has 0 aromatic heterocycles. The molecule has 72 valence electrons. The second kappa shape index (κ2) is 5.97. The molecule has 0 unspecified atom stereocenters. The highest BCUT2D eigenvalue weighted by Crippen LogP contribution is 1.98. The molecule has 0 radical (unpaired) electrons. The van der Waals surface area contributed by atoms with Crippen molar-refractivity contribution in [3.63, 3.8) is 0 Å². The van der Waals surface area contributed by atoms with Gasteiger partial charge in [-0.3, -0.25) is 4.79 Å². The molecule has 4 heteroatoms. The Bertz CT molecular complexity index is 136. The van der Waals surface area contributed by atoms with Crippen molar-refractivity contribution in [3.8, 4) is 0 Å². The lowest BCUT2D eigenvalue weighted by molar-refractivity contribution is -0.119. The topological polar surface area (TPSA) is 72.3 Å². The van der Waals surface area contributed by atoms with Gasteiger partial charge < -0.3 is 16.4 Å². The number of rotatable bonds is 6. The Hall–Kier alpha value is -0.610. The highest BCUT2D eigenvalue weighted by Gasteiger charge is 2.07. The van der Waals surface area contributed by atoms with Gasteiger partial charge in [0.15, 0.2) is 0 Å². The van der Waals surface area contributed by atoms with Crippen molar-refractivity contribution in [2.75, 3.05) is 20.6 Å². The predicted octanol–water partition coefficient (Wildman–Crippen LogP) is -0.469. The van der Waals surface area contributed by atoms with Gasteiger partial charge in [0.25, 0.3) is 0 Å². The Morgan fingerprint density at radius 2 is 2.00 bits per heavy atom. The fourth-order valence-corrected chi connectivity index (χ4v) is 0.935. The molecule has 4 nitrogen and oxygen atoms in total. The quantitative estimate of drug-likeness (QED) is 0.533. The van der Waals surface area contributed by atoms with Crippen LogP contribution in [-0.2, 0) is 4.79 Å². The van der Waals surface area contributed by atoms with Gasteiger partial charge in [0.1, 0.15) is 0 Å². The average molecular weight is 173 g/mol. The molecule has 0 heterocycles. The maximum atomic E-state index is 10.5. The number of hydrogen-bond donors (Lipinski definition) is 2. The molecule has 0 saturated heterocycles. The number of carbonyl (C=O) groups is 1. The zero-order chi connectivity index (χ0) is 9.56. The number of primary amides is 1. The van der Waals surface area contributed by atoms with E-state index in [0.717, 1.165) is 19.4 Å². The van der Waals surface area contributed by atoms with E-state index in [0.29, 0.717) is 6.42 Å². The molecule has 1 atom stereocenters. The second-order valence-electron chi connectivity index (χ2n) is 3.31. The van der Waals surface area contributed by atoms with E-state index < -0.39 is 11.9 Å². The number of nitrogens with two attached hydrogens (primary N) is 2. The highest BCUT2D eigenvalue weighted by molar-refractivity contribution is 5.79. The van der Waals surface area contributed by atoms with Gasteiger partial charge in [-0.1, -0.05) is 6.42 Å². The van der Waals surface area contributed by atoms with E-state index in [1.54, 1.807) is 0 Å². The van der Waals surface area contributed by atoms with Gasteiger partial charge in [-0.25, -0.2) is 0 Å². The molecule has 0 aliphatic heterocycles. The van der Waals surface area contributed by atoms with Gasteiger partial charge in [0.2, 0.25) is 5.91 Å². The fourth-order valence-electron chi connectivity index (χ4n) is 0.935. The number of nitrogens with zero attached hydrogens (tertiary/aromatic N) is 1. The Morgan fingerprint density at radius 3 is 2.42 bits per heavy atom. The minimum atomic E-state index is -0.466. The van der Waals surface area contributed by atoms with E-state index in [2.05, 4.69) is 4.90 Å². The van der Waals surface area contributed by atoms with Crippen molar-refractivity contribution in [3.05, 3.63) is 0 Å². The summed E-state index contributed by atoms with van der Waals surface area (Å²) < 4.78 is 0. The third-order valence-corrected chi connectivity index (χ3v) is 1.74. The zero-order valence-corrected chi connectivity index (χ0v) is 7.92. The van der Waals surface area contributed by atoms with Crippen molar-refractivity contribution in [1.82, 2.24) is 4.90 Å². The SMILES string of the molecule is CN(C)CCCC[C@H](N)C(N)=O. The van der Waals surface area contributed by atoms with Gasteiger partial charge in [-0.05, 0) is 33.5 Å². The lowest BCUT2D eigenvalue weighted by Gasteiger charge is -2.10. The molecule has 0 aromatic carbocycles. The summed E-state index contributed by atoms with van der Waals surface area (Å²) in [5.74, 6) is -0.403. The van der Waals surface area contributed by atoms with E-state index >= 15 is 0 Å². The smallest absolute Gasteiger partial charge is 0.234 e. The third kappa shape index (κ3) is 6.12. The van der Waals surface area contributed by atoms with Gasteiger partial charge in [0, 0.05) is 0 Å². The number of hydrogen-bond acceptors (Lipinski definition) is 3. The maximum absolute atomic E-state index is 10.5. The van der Waals surface area contributed by atoms with Gasteiger partial charge in [0.05, 0.1) is 6.04 Å². The van der Waals surface area contributed by atoms with Crippen molar-refractivity contribution in [2.45, 2.75) is 25.3 Å². The molecule has 12 heavy (non-hydrogen) atoms. The van der Waals surface area contributed by atoms with E-state index in [1.807, 2.05) is 14.1 Å². The molecule has 0 bridgehead atoms. The van der Waals surface area contributed by atoms with Crippen LogP contribution in [0, 0.1) is 0 Å². The summed E-state index contributed by atoms with van der Waals surface area (Å²) in [5, 5.41) is 0. The monoisotopic (exact) mass is 173 g/mol. The Labute approximate surface area is 73.9 Å². The van der Waals surface area contributed by atoms with E-state index in [4.69, 9.17) is 11.5 Å². The first-order valence-electron chi connectivity index (χ1n) is 4.23. The van der Waals surface area contributed by atoms with Crippen LogP contribution in [0.2, 0.25) is 0 Å². The molecule has 0 aliphatic carbocycles. The van der Waals surface area contributed by atoms with Crippen LogP contribution in [0.25, 0.3) is 0 Å². The molecule has 0 fully saturated rings. The largest absolute Gasteiger partial charge is 0.368 e. The molecule has 0 aliphatic rings. The molecular formula is C8H19N3O. The van der Waals surface area contributed by atoms with Crippen LogP contribution in [-0.4, -0.2) is 37.5 Å². The normalized spacial score (nSPS) is 13.3. The second-order valence-corrected chi connectivity index (χ2v) is 3.31. The standard InChI is InChI=1S/C8H19N3O/c1-11(2)6-4-3-5-7(9)8(10)12/h7H,3-6,9H2,1-2H3,(H2,10,12)/t7-/m0/s1. The highest BCUT2D eigenvalue weighted by atomic mass is 16.1. The summed E-state index contributed by atoms with van der Waals surface area (Å²) >= 11 is 0. The van der Waals surface area contributed by atoms with E-state index in [-0.39, 0.29) is 0 Å². The van der Waals surface area contributed by atoms with Gasteiger partial charge >= 0.3 is 0 Å². The fraction of sp³-hybridized carbons (Fsp3) is 0.875. The van der Waals surface area contributed by atoms with Crippen molar-refractivity contribution >= 4 is 5.91 Å². The van der Waals surface area contributed by atoms with Gasteiger partial charge in [-0.2, -0.15) is 0 Å². The van der Waals surface area contributed by atoms with E-state index in [9.17, 15) is 4.79 Å². The van der Waals surface area contributed by atoms with Gasteiger partial charge in [-0.15, -0.1) is 0 Å². The Morgan fingerprint density at radius 1 is 1.42 bits per heavy atom. The Kier molecular flexibility index (Phi) is 5.66. The van der Waals surface area contributed by atoms with Crippen LogP contribution in [0.4, 0.5) is 0 Å². The molecule has 0 spiro atoms. The predicted molar refractivity (Wildman–Crippen MR) is 49.6 cm³/mol. The summed E-state index contributed by atoms with van der Waals surface area (Å²) in [5.41, 5.74) is 10.4. The molecular weight excluding hydrogens is 154 g/mol. The first-order chi connectivity index (χ1) is 5.54. The van der Waals surface area contributed by atoms with Crippen LogP contribution in [0.15, 0.2) is 0 Å². The average Bonchev–Trinajstić information content (AvgIpc) is 1.97. The minimum Gasteiger partial charge on any atom is -0.368 e. The van der Waals surface area contributed by atoms with Crippen LogP contribution >= 0.6 is 0 Å². The van der Waals surface area contributed by atoms with E-state index in [1.165, 1.54) is 0 Å². The summed E-state index contributed by atoms with van der Waals surface area (Å²) in [7, 11) is 4.04. The summed E-state index contributed by atoms with van der Waals surface area (Å²) in [4.78, 5) is 12.6. The third-order valence-electron chi connectivity index (χ3n) is 1.74. The minimum absolute atomic E-state index is 0.403. The summed E-state index contributed by atoms with van der Waals surface area (Å²) in [6, 6.07) is -0.466. The zero-order valence-electron chi connectivity index (χ0n) is 7.92. The van der Waals surface area contributed by atoms with Crippen molar-refractivity contribution in [1.29, 1.82) is 0 Å². The summed E-state index contributed by atoms with van der Waals surface area (Å²) in [6.07, 6.45) is 2.72. The lowest BCUT2D eigenvalue weighted by Crippen LogP contribution is -2.36.